The van der Waals surface area contributed by atoms with Crippen LogP contribution in [0.5, 0.6) is 5.75 Å². The second-order valence-corrected chi connectivity index (χ2v) is 3.91. The first kappa shape index (κ1) is 17.8. The third-order valence-corrected chi connectivity index (χ3v) is 2.17. The van der Waals surface area contributed by atoms with E-state index in [4.69, 9.17) is 22.4 Å². The molecule has 0 saturated heterocycles. The Morgan fingerprint density at radius 1 is 1.42 bits per heavy atom. The van der Waals surface area contributed by atoms with Crippen molar-refractivity contribution >= 4 is 30.0 Å². The molecule has 0 aliphatic carbocycles. The summed E-state index contributed by atoms with van der Waals surface area (Å²) in [5.41, 5.74) is 5.68. The van der Waals surface area contributed by atoms with Crippen molar-refractivity contribution in [3.05, 3.63) is 28.8 Å². The summed E-state index contributed by atoms with van der Waals surface area (Å²) in [6.07, 6.45) is -5.27. The number of nitrogens with two attached hydrogens (primary N) is 1. The molecule has 0 radical (unpaired) electrons. The molecule has 0 fully saturated rings. The van der Waals surface area contributed by atoms with E-state index in [-0.39, 0.29) is 23.0 Å². The minimum Gasteiger partial charge on any atom is -0.481 e. The van der Waals surface area contributed by atoms with Crippen LogP contribution in [0.25, 0.3) is 0 Å². The number of aliphatic carboxylic acids is 1. The Morgan fingerprint density at radius 3 is 2.47 bits per heavy atom. The summed E-state index contributed by atoms with van der Waals surface area (Å²) in [6, 6.07) is 2.30. The largest absolute Gasteiger partial charge is 0.573 e. The molecule has 0 heterocycles. The third kappa shape index (κ3) is 6.51. The van der Waals surface area contributed by atoms with Crippen LogP contribution in [0.1, 0.15) is 18.0 Å². The molecule has 19 heavy (non-hydrogen) atoms. The van der Waals surface area contributed by atoms with Crippen molar-refractivity contribution in [1.29, 1.82) is 0 Å². The monoisotopic (exact) mass is 319 g/mol. The predicted octanol–water partition coefficient (Wildman–Crippen LogP) is 3.13. The predicted molar refractivity (Wildman–Crippen MR) is 64.6 cm³/mol. The molecule has 0 amide bonds. The average Bonchev–Trinajstić information content (AvgIpc) is 2.12. The van der Waals surface area contributed by atoms with Gasteiger partial charge in [-0.3, -0.25) is 4.79 Å². The number of alkyl halides is 3. The number of carbonyl (C=O) groups is 1. The zero-order chi connectivity index (χ0) is 13.9. The van der Waals surface area contributed by atoms with Crippen LogP contribution in [0.2, 0.25) is 5.02 Å². The number of carboxylic acid groups (broad SMARTS) is 1. The van der Waals surface area contributed by atoms with Crippen molar-refractivity contribution in [3.8, 4) is 5.75 Å². The van der Waals surface area contributed by atoms with Gasteiger partial charge in [0.2, 0.25) is 0 Å². The summed E-state index contributed by atoms with van der Waals surface area (Å²) in [4.78, 5) is 10.5. The molecule has 9 heteroatoms. The summed E-state index contributed by atoms with van der Waals surface area (Å²) >= 11 is 5.61. The zero-order valence-corrected chi connectivity index (χ0v) is 10.9. The second-order valence-electron chi connectivity index (χ2n) is 3.47. The van der Waals surface area contributed by atoms with E-state index in [1.807, 2.05) is 0 Å². The third-order valence-electron chi connectivity index (χ3n) is 1.95. The smallest absolute Gasteiger partial charge is 0.481 e. The topological polar surface area (TPSA) is 72.6 Å². The van der Waals surface area contributed by atoms with Gasteiger partial charge in [0.25, 0.3) is 0 Å². The molecule has 1 aromatic rings. The molecule has 1 atom stereocenters. The minimum atomic E-state index is -4.85. The van der Waals surface area contributed by atoms with Crippen LogP contribution in [0, 0.1) is 0 Å². The number of hydrogen-bond donors (Lipinski definition) is 2. The molecule has 0 spiro atoms. The molecule has 0 aliphatic rings. The van der Waals surface area contributed by atoms with E-state index in [0.717, 1.165) is 12.1 Å². The van der Waals surface area contributed by atoms with Crippen LogP contribution >= 0.6 is 24.0 Å². The Balaban J connectivity index is 0.00000324. The average molecular weight is 320 g/mol. The van der Waals surface area contributed by atoms with E-state index in [9.17, 15) is 18.0 Å². The van der Waals surface area contributed by atoms with Crippen molar-refractivity contribution in [2.75, 3.05) is 0 Å². The Labute approximate surface area is 117 Å². The Hall–Kier alpha value is -1.18. The maximum absolute atomic E-state index is 12.0. The van der Waals surface area contributed by atoms with Crippen LogP contribution in [-0.4, -0.2) is 17.4 Å². The second kappa shape index (κ2) is 6.83. The van der Waals surface area contributed by atoms with Gasteiger partial charge in [-0.1, -0.05) is 11.6 Å². The van der Waals surface area contributed by atoms with Gasteiger partial charge in [-0.25, -0.2) is 0 Å². The molecular weight excluding hydrogens is 310 g/mol. The van der Waals surface area contributed by atoms with Gasteiger partial charge in [0.05, 0.1) is 6.42 Å². The van der Waals surface area contributed by atoms with E-state index < -0.39 is 30.5 Å². The SMILES string of the molecule is Cl.N[C@@H](CC(=O)O)c1cc(Cl)cc(OC(F)(F)F)c1. The lowest BCUT2D eigenvalue weighted by molar-refractivity contribution is -0.274. The molecule has 3 N–H and O–H groups in total. The van der Waals surface area contributed by atoms with Gasteiger partial charge in [-0.2, -0.15) is 0 Å². The van der Waals surface area contributed by atoms with Gasteiger partial charge in [0, 0.05) is 11.1 Å². The molecule has 0 saturated carbocycles. The van der Waals surface area contributed by atoms with E-state index in [1.54, 1.807) is 0 Å². The Kier molecular flexibility index (Phi) is 6.41. The number of hydrogen-bond acceptors (Lipinski definition) is 3. The summed E-state index contributed by atoms with van der Waals surface area (Å²) < 4.78 is 39.8. The van der Waals surface area contributed by atoms with E-state index >= 15 is 0 Å². The fraction of sp³-hybridized carbons (Fsp3) is 0.300. The number of rotatable bonds is 4. The standard InChI is InChI=1S/C10H9ClF3NO3.ClH/c11-6-1-5(8(15)4-9(16)17)2-7(3-6)18-10(12,13)14;/h1-3,8H,4,15H2,(H,16,17);1H/t8-;/m0./s1. The maximum atomic E-state index is 12.0. The highest BCUT2D eigenvalue weighted by molar-refractivity contribution is 6.30. The van der Waals surface area contributed by atoms with Crippen molar-refractivity contribution < 1.29 is 27.8 Å². The van der Waals surface area contributed by atoms with Gasteiger partial charge in [-0.05, 0) is 23.8 Å². The molecule has 1 aromatic carbocycles. The van der Waals surface area contributed by atoms with Crippen LogP contribution in [0.15, 0.2) is 18.2 Å². The molecule has 108 valence electrons. The number of ether oxygens (including phenoxy) is 1. The highest BCUT2D eigenvalue weighted by Crippen LogP contribution is 2.29. The van der Waals surface area contributed by atoms with Gasteiger partial charge >= 0.3 is 12.3 Å². The lowest BCUT2D eigenvalue weighted by Crippen LogP contribution is -2.18. The molecule has 1 rings (SSSR count). The Morgan fingerprint density at radius 2 is 2.00 bits per heavy atom. The van der Waals surface area contributed by atoms with Gasteiger partial charge < -0.3 is 15.6 Å². The first-order valence-electron chi connectivity index (χ1n) is 4.71. The van der Waals surface area contributed by atoms with Crippen LogP contribution in [0.4, 0.5) is 13.2 Å². The van der Waals surface area contributed by atoms with Crippen LogP contribution in [-0.2, 0) is 4.79 Å². The molecule has 0 aliphatic heterocycles. The quantitative estimate of drug-likeness (QED) is 0.894. The number of halogens is 5. The molecule has 4 nitrogen and oxygen atoms in total. The fourth-order valence-electron chi connectivity index (χ4n) is 1.30. The summed E-state index contributed by atoms with van der Waals surface area (Å²) in [7, 11) is 0. The number of carboxylic acids is 1. The van der Waals surface area contributed by atoms with Gasteiger partial charge in [-0.15, -0.1) is 25.6 Å². The summed E-state index contributed by atoms with van der Waals surface area (Å²) in [6.45, 7) is 0. The Bertz CT molecular complexity index is 454. The lowest BCUT2D eigenvalue weighted by atomic mass is 10.0. The van der Waals surface area contributed by atoms with Gasteiger partial charge in [0.1, 0.15) is 5.75 Å². The van der Waals surface area contributed by atoms with Gasteiger partial charge in [0.15, 0.2) is 0 Å². The normalized spacial score (nSPS) is 12.5. The van der Waals surface area contributed by atoms with Crippen LogP contribution < -0.4 is 10.5 Å². The summed E-state index contributed by atoms with van der Waals surface area (Å²) in [5.74, 6) is -1.70. The van der Waals surface area contributed by atoms with Crippen molar-refractivity contribution in [2.24, 2.45) is 5.73 Å². The molecular formula is C10H10Cl2F3NO3. The van der Waals surface area contributed by atoms with Crippen molar-refractivity contribution in [1.82, 2.24) is 0 Å². The molecule has 0 unspecified atom stereocenters. The minimum absolute atomic E-state index is 0. The zero-order valence-electron chi connectivity index (χ0n) is 9.28. The van der Waals surface area contributed by atoms with Crippen LogP contribution in [0.3, 0.4) is 0 Å². The highest BCUT2D eigenvalue weighted by atomic mass is 35.5. The molecule has 0 aromatic heterocycles. The lowest BCUT2D eigenvalue weighted by Gasteiger charge is -2.14. The van der Waals surface area contributed by atoms with Crippen molar-refractivity contribution in [3.63, 3.8) is 0 Å². The van der Waals surface area contributed by atoms with E-state index in [2.05, 4.69) is 4.74 Å². The van der Waals surface area contributed by atoms with E-state index in [0.29, 0.717) is 0 Å². The summed E-state index contributed by atoms with van der Waals surface area (Å²) in [5, 5.41) is 8.53. The van der Waals surface area contributed by atoms with E-state index in [1.165, 1.54) is 6.07 Å². The first-order chi connectivity index (χ1) is 8.17. The highest BCUT2D eigenvalue weighted by Gasteiger charge is 2.31. The first-order valence-corrected chi connectivity index (χ1v) is 5.09. The number of benzene rings is 1. The maximum Gasteiger partial charge on any atom is 0.573 e. The fourth-order valence-corrected chi connectivity index (χ4v) is 1.53. The van der Waals surface area contributed by atoms with Crippen molar-refractivity contribution in [2.45, 2.75) is 18.8 Å². The molecule has 0 bridgehead atoms.